The van der Waals surface area contributed by atoms with Gasteiger partial charge in [-0.1, -0.05) is 43.5 Å². The molecule has 1 aromatic carbocycles. The predicted octanol–water partition coefficient (Wildman–Crippen LogP) is 4.31. The van der Waals surface area contributed by atoms with Crippen molar-refractivity contribution in [3.8, 4) is 0 Å². The molecule has 0 aliphatic heterocycles. The standard InChI is InChI=1S/C11H11Br2ClO/c1-6-3-10(13)8(5-11(6)14)4-9(12)7(2)15/h3,5,9H,4H2,1-2H3. The molecule has 82 valence electrons. The molecule has 4 heteroatoms. The van der Waals surface area contributed by atoms with Gasteiger partial charge in [-0.3, -0.25) is 4.79 Å². The summed E-state index contributed by atoms with van der Waals surface area (Å²) in [5.74, 6) is 0.124. The topological polar surface area (TPSA) is 17.1 Å². The number of hydrogen-bond acceptors (Lipinski definition) is 1. The van der Waals surface area contributed by atoms with Crippen molar-refractivity contribution in [1.82, 2.24) is 0 Å². The van der Waals surface area contributed by atoms with Crippen LogP contribution in [0.5, 0.6) is 0 Å². The van der Waals surface area contributed by atoms with Crippen molar-refractivity contribution in [1.29, 1.82) is 0 Å². The number of carbonyl (C=O) groups is 1. The van der Waals surface area contributed by atoms with Gasteiger partial charge in [-0.05, 0) is 43.5 Å². The van der Waals surface area contributed by atoms with Crippen LogP contribution in [0.3, 0.4) is 0 Å². The smallest absolute Gasteiger partial charge is 0.143 e. The van der Waals surface area contributed by atoms with Gasteiger partial charge in [-0.2, -0.15) is 0 Å². The summed E-state index contributed by atoms with van der Waals surface area (Å²) in [5.41, 5.74) is 2.07. The summed E-state index contributed by atoms with van der Waals surface area (Å²) >= 11 is 12.8. The average molecular weight is 354 g/mol. The molecule has 0 spiro atoms. The summed E-state index contributed by atoms with van der Waals surface area (Å²) in [5, 5.41) is 0.733. The highest BCUT2D eigenvalue weighted by Crippen LogP contribution is 2.27. The fourth-order valence-electron chi connectivity index (χ4n) is 1.18. The largest absolute Gasteiger partial charge is 0.299 e. The highest BCUT2D eigenvalue weighted by atomic mass is 79.9. The number of ketones is 1. The Labute approximate surface area is 111 Å². The van der Waals surface area contributed by atoms with E-state index in [2.05, 4.69) is 31.9 Å². The van der Waals surface area contributed by atoms with Gasteiger partial charge in [0, 0.05) is 9.50 Å². The van der Waals surface area contributed by atoms with Crippen molar-refractivity contribution in [3.05, 3.63) is 32.8 Å². The van der Waals surface area contributed by atoms with Crippen molar-refractivity contribution < 1.29 is 4.79 Å². The molecule has 15 heavy (non-hydrogen) atoms. The molecule has 0 saturated carbocycles. The molecule has 0 bridgehead atoms. The fraction of sp³-hybridized carbons (Fsp3) is 0.364. The maximum Gasteiger partial charge on any atom is 0.143 e. The minimum atomic E-state index is -0.146. The Bertz CT molecular complexity index is 390. The maximum atomic E-state index is 11.1. The lowest BCUT2D eigenvalue weighted by Gasteiger charge is -2.10. The SMILES string of the molecule is CC(=O)C(Br)Cc1cc(Cl)c(C)cc1Br. The Morgan fingerprint density at radius 1 is 1.53 bits per heavy atom. The van der Waals surface area contributed by atoms with Crippen LogP contribution in [-0.4, -0.2) is 10.6 Å². The quantitative estimate of drug-likeness (QED) is 0.740. The molecule has 0 amide bonds. The number of halogens is 3. The van der Waals surface area contributed by atoms with Gasteiger partial charge in [0.25, 0.3) is 0 Å². The number of carbonyl (C=O) groups excluding carboxylic acids is 1. The first-order valence-corrected chi connectivity index (χ1v) is 6.59. The molecule has 0 saturated heterocycles. The molecule has 0 aliphatic carbocycles. The van der Waals surface area contributed by atoms with E-state index in [-0.39, 0.29) is 10.6 Å². The van der Waals surface area contributed by atoms with Gasteiger partial charge in [-0.15, -0.1) is 0 Å². The Morgan fingerprint density at radius 2 is 2.13 bits per heavy atom. The third kappa shape index (κ3) is 3.58. The monoisotopic (exact) mass is 352 g/mol. The van der Waals surface area contributed by atoms with Crippen molar-refractivity contribution in [2.75, 3.05) is 0 Å². The van der Waals surface area contributed by atoms with Gasteiger partial charge >= 0.3 is 0 Å². The number of rotatable bonds is 3. The van der Waals surface area contributed by atoms with Crippen LogP contribution >= 0.6 is 43.5 Å². The van der Waals surface area contributed by atoms with Crippen LogP contribution in [0, 0.1) is 6.92 Å². The van der Waals surface area contributed by atoms with Gasteiger partial charge in [0.05, 0.1) is 4.83 Å². The van der Waals surface area contributed by atoms with Crippen LogP contribution in [-0.2, 0) is 11.2 Å². The van der Waals surface area contributed by atoms with E-state index in [0.29, 0.717) is 6.42 Å². The number of aryl methyl sites for hydroxylation is 1. The van der Waals surface area contributed by atoms with E-state index < -0.39 is 0 Å². The number of hydrogen-bond donors (Lipinski definition) is 0. The maximum absolute atomic E-state index is 11.1. The van der Waals surface area contributed by atoms with Gasteiger partial charge in [-0.25, -0.2) is 0 Å². The lowest BCUT2D eigenvalue weighted by atomic mass is 10.1. The van der Waals surface area contributed by atoms with Gasteiger partial charge in [0.15, 0.2) is 0 Å². The fourth-order valence-corrected chi connectivity index (χ4v) is 2.34. The number of benzene rings is 1. The molecule has 0 N–H and O–H groups in total. The van der Waals surface area contributed by atoms with Crippen LogP contribution in [0.15, 0.2) is 16.6 Å². The summed E-state index contributed by atoms with van der Waals surface area (Å²) < 4.78 is 0.995. The molecule has 0 heterocycles. The zero-order valence-corrected chi connectivity index (χ0v) is 12.4. The van der Waals surface area contributed by atoms with Crippen molar-refractivity contribution >= 4 is 49.2 Å². The van der Waals surface area contributed by atoms with Crippen LogP contribution in [0.4, 0.5) is 0 Å². The minimum absolute atomic E-state index is 0.124. The highest BCUT2D eigenvalue weighted by Gasteiger charge is 2.13. The summed E-state index contributed by atoms with van der Waals surface area (Å²) in [6.45, 7) is 3.52. The normalized spacial score (nSPS) is 12.6. The molecule has 1 rings (SSSR count). The van der Waals surface area contributed by atoms with Crippen LogP contribution < -0.4 is 0 Å². The summed E-state index contributed by atoms with van der Waals surface area (Å²) in [4.78, 5) is 11.0. The third-order valence-electron chi connectivity index (χ3n) is 2.17. The van der Waals surface area contributed by atoms with Gasteiger partial charge in [0.1, 0.15) is 5.78 Å². The van der Waals surface area contributed by atoms with E-state index in [4.69, 9.17) is 11.6 Å². The average Bonchev–Trinajstić information content (AvgIpc) is 2.13. The summed E-state index contributed by atoms with van der Waals surface area (Å²) in [6.07, 6.45) is 0.649. The summed E-state index contributed by atoms with van der Waals surface area (Å²) in [7, 11) is 0. The van der Waals surface area contributed by atoms with E-state index in [1.54, 1.807) is 6.92 Å². The van der Waals surface area contributed by atoms with Gasteiger partial charge < -0.3 is 0 Å². The molecule has 1 nitrogen and oxygen atoms in total. The van der Waals surface area contributed by atoms with Crippen LogP contribution in [0.1, 0.15) is 18.1 Å². The second-order valence-corrected chi connectivity index (χ2v) is 5.84. The highest BCUT2D eigenvalue weighted by molar-refractivity contribution is 9.10. The van der Waals surface area contributed by atoms with E-state index >= 15 is 0 Å². The first-order chi connectivity index (χ1) is 6.91. The molecule has 0 aliphatic rings. The Morgan fingerprint density at radius 3 is 2.67 bits per heavy atom. The molecule has 0 radical (unpaired) electrons. The van der Waals surface area contributed by atoms with Gasteiger partial charge in [0.2, 0.25) is 0 Å². The van der Waals surface area contributed by atoms with E-state index in [0.717, 1.165) is 20.6 Å². The van der Waals surface area contributed by atoms with Crippen LogP contribution in [0.25, 0.3) is 0 Å². The second-order valence-electron chi connectivity index (χ2n) is 3.48. The zero-order valence-electron chi connectivity index (χ0n) is 8.48. The molecular weight excluding hydrogens is 343 g/mol. The Hall–Kier alpha value is 0.140. The second kappa shape index (κ2) is 5.46. The molecule has 0 aromatic heterocycles. The minimum Gasteiger partial charge on any atom is -0.299 e. The molecule has 1 unspecified atom stereocenters. The molecule has 0 fully saturated rings. The predicted molar refractivity (Wildman–Crippen MR) is 71.0 cm³/mol. The lowest BCUT2D eigenvalue weighted by Crippen LogP contribution is -2.13. The van der Waals surface area contributed by atoms with Crippen molar-refractivity contribution in [2.24, 2.45) is 0 Å². The molecular formula is C11H11Br2ClO. The first-order valence-electron chi connectivity index (χ1n) is 4.51. The third-order valence-corrected chi connectivity index (χ3v) is 4.28. The number of alkyl halides is 1. The van der Waals surface area contributed by atoms with Crippen molar-refractivity contribution in [3.63, 3.8) is 0 Å². The Balaban J connectivity index is 2.95. The number of Topliss-reactive ketones (excluding diaryl/α,β-unsaturated/α-hetero) is 1. The molecule has 1 aromatic rings. The zero-order chi connectivity index (χ0) is 11.6. The lowest BCUT2D eigenvalue weighted by molar-refractivity contribution is -0.116. The van der Waals surface area contributed by atoms with E-state index in [1.165, 1.54) is 0 Å². The van der Waals surface area contributed by atoms with E-state index in [1.807, 2.05) is 19.1 Å². The Kier molecular flexibility index (Phi) is 4.81. The first kappa shape index (κ1) is 13.2. The van der Waals surface area contributed by atoms with Crippen LogP contribution in [0.2, 0.25) is 5.02 Å². The summed E-state index contributed by atoms with van der Waals surface area (Å²) in [6, 6.07) is 3.87. The van der Waals surface area contributed by atoms with E-state index in [9.17, 15) is 4.79 Å². The molecule has 1 atom stereocenters. The van der Waals surface area contributed by atoms with Crippen molar-refractivity contribution in [2.45, 2.75) is 25.1 Å².